The summed E-state index contributed by atoms with van der Waals surface area (Å²) in [5, 5.41) is 0. The van der Waals surface area contributed by atoms with E-state index in [1.54, 1.807) is 24.4 Å². The van der Waals surface area contributed by atoms with Crippen molar-refractivity contribution in [3.8, 4) is 0 Å². The molecule has 0 atom stereocenters. The van der Waals surface area contributed by atoms with E-state index < -0.39 is 0 Å². The SMILES string of the molecule is C=Cc1cc(C=C)c(C=C)cn1. The van der Waals surface area contributed by atoms with E-state index in [1.165, 1.54) is 0 Å². The molecule has 0 spiro atoms. The summed E-state index contributed by atoms with van der Waals surface area (Å²) in [6.07, 6.45) is 7.02. The van der Waals surface area contributed by atoms with Crippen LogP contribution in [0.3, 0.4) is 0 Å². The molecule has 1 aromatic rings. The van der Waals surface area contributed by atoms with E-state index in [-0.39, 0.29) is 0 Å². The Morgan fingerprint density at radius 3 is 2.17 bits per heavy atom. The molecule has 0 amide bonds. The second-order valence-electron chi connectivity index (χ2n) is 2.35. The standard InChI is InChI=1S/C11H11N/c1-4-9-7-11(6-3)12-8-10(9)5-2/h4-8H,1-3H2. The number of pyridine rings is 1. The van der Waals surface area contributed by atoms with Gasteiger partial charge < -0.3 is 0 Å². The normalized spacial score (nSPS) is 9.00. The Balaban J connectivity index is 3.27. The lowest BCUT2D eigenvalue weighted by atomic mass is 10.1. The van der Waals surface area contributed by atoms with Crippen LogP contribution in [0.4, 0.5) is 0 Å². The molecule has 12 heavy (non-hydrogen) atoms. The Labute approximate surface area is 72.8 Å². The fourth-order valence-electron chi connectivity index (χ4n) is 0.957. The first kappa shape index (κ1) is 8.47. The monoisotopic (exact) mass is 157 g/mol. The first-order chi connectivity index (χ1) is 5.81. The second-order valence-corrected chi connectivity index (χ2v) is 2.35. The first-order valence-corrected chi connectivity index (χ1v) is 3.69. The fraction of sp³-hybridized carbons (Fsp3) is 0. The Bertz CT molecular complexity index is 324. The van der Waals surface area contributed by atoms with E-state index in [1.807, 2.05) is 6.07 Å². The molecule has 1 nitrogen and oxygen atoms in total. The summed E-state index contributed by atoms with van der Waals surface area (Å²) >= 11 is 0. The zero-order chi connectivity index (χ0) is 8.97. The van der Waals surface area contributed by atoms with E-state index in [9.17, 15) is 0 Å². The molecule has 1 heteroatoms. The van der Waals surface area contributed by atoms with Gasteiger partial charge in [-0.05, 0) is 23.3 Å². The highest BCUT2D eigenvalue weighted by Crippen LogP contribution is 2.12. The molecular formula is C11H11N. The van der Waals surface area contributed by atoms with Crippen LogP contribution in [0.5, 0.6) is 0 Å². The third-order valence-electron chi connectivity index (χ3n) is 1.64. The molecule has 0 saturated heterocycles. The molecule has 0 unspecified atom stereocenters. The van der Waals surface area contributed by atoms with Gasteiger partial charge in [0.05, 0.1) is 5.69 Å². The van der Waals surface area contributed by atoms with Crippen molar-refractivity contribution in [1.82, 2.24) is 4.98 Å². The van der Waals surface area contributed by atoms with Gasteiger partial charge in [-0.25, -0.2) is 0 Å². The molecule has 0 saturated carbocycles. The Hall–Kier alpha value is -1.63. The van der Waals surface area contributed by atoms with Crippen LogP contribution < -0.4 is 0 Å². The highest BCUT2D eigenvalue weighted by atomic mass is 14.7. The number of nitrogens with zero attached hydrogens (tertiary/aromatic N) is 1. The highest BCUT2D eigenvalue weighted by molar-refractivity contribution is 5.64. The van der Waals surface area contributed by atoms with Crippen molar-refractivity contribution in [1.29, 1.82) is 0 Å². The lowest BCUT2D eigenvalue weighted by Gasteiger charge is -2.00. The van der Waals surface area contributed by atoms with Crippen LogP contribution in [-0.2, 0) is 0 Å². The van der Waals surface area contributed by atoms with Crippen molar-refractivity contribution >= 4 is 18.2 Å². The van der Waals surface area contributed by atoms with Gasteiger partial charge in [-0.2, -0.15) is 0 Å². The van der Waals surface area contributed by atoms with Crippen LogP contribution in [-0.4, -0.2) is 4.98 Å². The Morgan fingerprint density at radius 1 is 1.00 bits per heavy atom. The molecule has 0 bridgehead atoms. The highest BCUT2D eigenvalue weighted by Gasteiger charge is 1.95. The molecule has 0 radical (unpaired) electrons. The number of rotatable bonds is 3. The summed E-state index contributed by atoms with van der Waals surface area (Å²) < 4.78 is 0. The summed E-state index contributed by atoms with van der Waals surface area (Å²) in [5.41, 5.74) is 2.89. The predicted octanol–water partition coefficient (Wildman–Crippen LogP) is 3.01. The smallest absolute Gasteiger partial charge is 0.0630 e. The third kappa shape index (κ3) is 1.51. The van der Waals surface area contributed by atoms with Crippen molar-refractivity contribution < 1.29 is 0 Å². The molecule has 1 aromatic heterocycles. The van der Waals surface area contributed by atoms with Crippen LogP contribution in [0, 0.1) is 0 Å². The number of hydrogen-bond donors (Lipinski definition) is 0. The van der Waals surface area contributed by atoms with Crippen LogP contribution in [0.25, 0.3) is 18.2 Å². The molecule has 1 heterocycles. The molecule has 0 fully saturated rings. The van der Waals surface area contributed by atoms with Crippen molar-refractivity contribution in [2.24, 2.45) is 0 Å². The van der Waals surface area contributed by atoms with Gasteiger partial charge in [0, 0.05) is 6.20 Å². The fourth-order valence-corrected chi connectivity index (χ4v) is 0.957. The summed E-state index contributed by atoms with van der Waals surface area (Å²) in [6.45, 7) is 11.0. The quantitative estimate of drug-likeness (QED) is 0.657. The van der Waals surface area contributed by atoms with E-state index in [2.05, 4.69) is 24.7 Å². The van der Waals surface area contributed by atoms with E-state index in [0.29, 0.717) is 0 Å². The molecule has 0 aromatic carbocycles. The molecule has 1 rings (SSSR count). The van der Waals surface area contributed by atoms with Gasteiger partial charge in [-0.1, -0.05) is 31.9 Å². The Morgan fingerprint density at radius 2 is 1.67 bits per heavy atom. The number of aromatic nitrogens is 1. The average molecular weight is 157 g/mol. The lowest BCUT2D eigenvalue weighted by Crippen LogP contribution is -1.86. The topological polar surface area (TPSA) is 12.9 Å². The zero-order valence-corrected chi connectivity index (χ0v) is 6.96. The second kappa shape index (κ2) is 3.67. The molecule has 0 aliphatic carbocycles. The van der Waals surface area contributed by atoms with E-state index >= 15 is 0 Å². The van der Waals surface area contributed by atoms with E-state index in [0.717, 1.165) is 16.8 Å². The molecule has 0 N–H and O–H groups in total. The van der Waals surface area contributed by atoms with Crippen molar-refractivity contribution in [3.63, 3.8) is 0 Å². The maximum atomic E-state index is 4.14. The van der Waals surface area contributed by atoms with Crippen LogP contribution in [0.15, 0.2) is 32.0 Å². The van der Waals surface area contributed by atoms with Gasteiger partial charge in [0.2, 0.25) is 0 Å². The van der Waals surface area contributed by atoms with Crippen LogP contribution in [0.1, 0.15) is 16.8 Å². The average Bonchev–Trinajstić information content (AvgIpc) is 2.16. The van der Waals surface area contributed by atoms with Gasteiger partial charge in [-0.3, -0.25) is 4.98 Å². The van der Waals surface area contributed by atoms with Gasteiger partial charge >= 0.3 is 0 Å². The maximum Gasteiger partial charge on any atom is 0.0630 e. The molecule has 0 aliphatic rings. The van der Waals surface area contributed by atoms with Crippen LogP contribution >= 0.6 is 0 Å². The summed E-state index contributed by atoms with van der Waals surface area (Å²) in [5.74, 6) is 0. The van der Waals surface area contributed by atoms with Gasteiger partial charge in [0.1, 0.15) is 0 Å². The summed E-state index contributed by atoms with van der Waals surface area (Å²) in [7, 11) is 0. The van der Waals surface area contributed by atoms with Gasteiger partial charge in [0.15, 0.2) is 0 Å². The number of hydrogen-bond acceptors (Lipinski definition) is 1. The lowest BCUT2D eigenvalue weighted by molar-refractivity contribution is 1.28. The zero-order valence-electron chi connectivity index (χ0n) is 6.96. The van der Waals surface area contributed by atoms with Gasteiger partial charge in [0.25, 0.3) is 0 Å². The third-order valence-corrected chi connectivity index (χ3v) is 1.64. The first-order valence-electron chi connectivity index (χ1n) is 3.69. The van der Waals surface area contributed by atoms with Crippen molar-refractivity contribution in [2.75, 3.05) is 0 Å². The minimum absolute atomic E-state index is 0.857. The van der Waals surface area contributed by atoms with Crippen molar-refractivity contribution in [2.45, 2.75) is 0 Å². The van der Waals surface area contributed by atoms with Crippen LogP contribution in [0.2, 0.25) is 0 Å². The predicted molar refractivity (Wildman–Crippen MR) is 54.5 cm³/mol. The van der Waals surface area contributed by atoms with Crippen molar-refractivity contribution in [3.05, 3.63) is 48.8 Å². The summed E-state index contributed by atoms with van der Waals surface area (Å²) in [6, 6.07) is 1.93. The molecular weight excluding hydrogens is 146 g/mol. The molecule has 0 aliphatic heterocycles. The summed E-state index contributed by atoms with van der Waals surface area (Å²) in [4.78, 5) is 4.14. The minimum atomic E-state index is 0.857. The Kier molecular flexibility index (Phi) is 2.59. The van der Waals surface area contributed by atoms with Gasteiger partial charge in [-0.15, -0.1) is 0 Å². The van der Waals surface area contributed by atoms with E-state index in [4.69, 9.17) is 0 Å². The maximum absolute atomic E-state index is 4.14. The molecule has 60 valence electrons. The minimum Gasteiger partial charge on any atom is -0.256 e. The largest absolute Gasteiger partial charge is 0.256 e.